The molecule has 0 radical (unpaired) electrons. The number of thiocarbonyl (C=S) groups is 1. The summed E-state index contributed by atoms with van der Waals surface area (Å²) in [6, 6.07) is 16.0. The van der Waals surface area contributed by atoms with Crippen LogP contribution in [0.5, 0.6) is 11.5 Å². The molecule has 6 heteroatoms. The number of likely N-dealkylation sites (N-methyl/N-ethyl adjacent to an activating group) is 1. The average molecular weight is 442 g/mol. The predicted molar refractivity (Wildman–Crippen MR) is 128 cm³/mol. The summed E-state index contributed by atoms with van der Waals surface area (Å²) in [6.07, 6.45) is 2.65. The summed E-state index contributed by atoms with van der Waals surface area (Å²) in [5.74, 6) is 1.62. The van der Waals surface area contributed by atoms with Crippen molar-refractivity contribution in [3.63, 3.8) is 0 Å². The lowest BCUT2D eigenvalue weighted by molar-refractivity contribution is -0.121. The van der Waals surface area contributed by atoms with Crippen LogP contribution in [0.15, 0.2) is 53.4 Å². The third-order valence-electron chi connectivity index (χ3n) is 4.71. The molecule has 0 bridgehead atoms. The van der Waals surface area contributed by atoms with E-state index < -0.39 is 0 Å². The van der Waals surface area contributed by atoms with E-state index in [9.17, 15) is 4.79 Å². The molecule has 3 rings (SSSR count). The fraction of sp³-hybridized carbons (Fsp3) is 0.333. The first-order chi connectivity index (χ1) is 14.2. The maximum Gasteiger partial charge on any atom is 0.265 e. The maximum atomic E-state index is 12.1. The normalized spacial score (nSPS) is 15.7. The van der Waals surface area contributed by atoms with Crippen LogP contribution in [0.25, 0.3) is 6.08 Å². The molecular weight excluding hydrogens is 414 g/mol. The Kier molecular flexibility index (Phi) is 7.21. The van der Waals surface area contributed by atoms with Crippen molar-refractivity contribution in [2.24, 2.45) is 0 Å². The largest absolute Gasteiger partial charge is 0.493 e. The van der Waals surface area contributed by atoms with E-state index in [4.69, 9.17) is 21.7 Å². The molecule has 1 heterocycles. The van der Waals surface area contributed by atoms with Gasteiger partial charge in [0, 0.05) is 13.5 Å². The highest BCUT2D eigenvalue weighted by Gasteiger charge is 2.28. The number of carbonyl (C=O) groups is 1. The van der Waals surface area contributed by atoms with Crippen LogP contribution in [0.2, 0.25) is 0 Å². The Morgan fingerprint density at radius 1 is 0.967 bits per heavy atom. The van der Waals surface area contributed by atoms with Gasteiger partial charge in [-0.15, -0.1) is 0 Å². The van der Waals surface area contributed by atoms with E-state index in [1.54, 1.807) is 7.05 Å². The molecule has 2 aromatic carbocycles. The number of thioether (sulfide) groups is 1. The Bertz CT molecular complexity index is 928. The SMILES string of the molecule is CN1C(=O)/C(=C\c2ccc(OCCCOc3ccc(C(C)(C)C)cc3)cc2)SC1=S. The maximum absolute atomic E-state index is 12.1. The van der Waals surface area contributed by atoms with E-state index in [1.165, 1.54) is 22.2 Å². The van der Waals surface area contributed by atoms with E-state index >= 15 is 0 Å². The van der Waals surface area contributed by atoms with Gasteiger partial charge in [-0.25, -0.2) is 0 Å². The third-order valence-corrected chi connectivity index (χ3v) is 6.20. The summed E-state index contributed by atoms with van der Waals surface area (Å²) in [4.78, 5) is 14.2. The minimum absolute atomic E-state index is 0.0571. The van der Waals surface area contributed by atoms with Crippen molar-refractivity contribution < 1.29 is 14.3 Å². The number of rotatable bonds is 7. The van der Waals surface area contributed by atoms with Crippen LogP contribution >= 0.6 is 24.0 Å². The number of carbonyl (C=O) groups excluding carboxylic acids is 1. The van der Waals surface area contributed by atoms with Crippen molar-refractivity contribution in [3.8, 4) is 11.5 Å². The molecule has 1 fully saturated rings. The minimum Gasteiger partial charge on any atom is -0.493 e. The Balaban J connectivity index is 1.42. The first kappa shape index (κ1) is 22.4. The van der Waals surface area contributed by atoms with Crippen LogP contribution in [0.3, 0.4) is 0 Å². The second-order valence-corrected chi connectivity index (χ2v) is 9.81. The Labute approximate surface area is 188 Å². The predicted octanol–water partition coefficient (Wildman–Crippen LogP) is 5.66. The van der Waals surface area contributed by atoms with Crippen LogP contribution in [0, 0.1) is 0 Å². The lowest BCUT2D eigenvalue weighted by Gasteiger charge is -2.19. The van der Waals surface area contributed by atoms with Gasteiger partial charge in [-0.2, -0.15) is 0 Å². The van der Waals surface area contributed by atoms with Crippen molar-refractivity contribution in [2.45, 2.75) is 32.6 Å². The molecule has 1 saturated heterocycles. The number of amides is 1. The molecule has 1 amide bonds. The Morgan fingerprint density at radius 3 is 1.97 bits per heavy atom. The van der Waals surface area contributed by atoms with Crippen molar-refractivity contribution >= 4 is 40.3 Å². The van der Waals surface area contributed by atoms with Gasteiger partial charge >= 0.3 is 0 Å². The van der Waals surface area contributed by atoms with E-state index in [2.05, 4.69) is 32.9 Å². The molecule has 0 aromatic heterocycles. The first-order valence-corrected chi connectivity index (χ1v) is 11.1. The fourth-order valence-electron chi connectivity index (χ4n) is 2.85. The van der Waals surface area contributed by atoms with Gasteiger partial charge in [-0.1, -0.05) is 69.0 Å². The lowest BCUT2D eigenvalue weighted by atomic mass is 9.87. The van der Waals surface area contributed by atoms with E-state index in [1.807, 2.05) is 42.5 Å². The molecular formula is C24H27NO3S2. The zero-order valence-electron chi connectivity index (χ0n) is 17.8. The molecule has 158 valence electrons. The standard InChI is InChI=1S/C24H27NO3S2/c1-24(2,3)18-8-12-20(13-9-18)28-15-5-14-27-19-10-6-17(7-11-19)16-21-22(26)25(4)23(29)30-21/h6-13,16H,5,14-15H2,1-4H3/b21-16+. The highest BCUT2D eigenvalue weighted by molar-refractivity contribution is 8.26. The summed E-state index contributed by atoms with van der Waals surface area (Å²) in [6.45, 7) is 7.78. The molecule has 1 aliphatic rings. The molecule has 0 unspecified atom stereocenters. The van der Waals surface area contributed by atoms with Gasteiger partial charge in [-0.05, 0) is 46.9 Å². The smallest absolute Gasteiger partial charge is 0.265 e. The average Bonchev–Trinajstić information content (AvgIpc) is 2.95. The van der Waals surface area contributed by atoms with Crippen molar-refractivity contribution in [2.75, 3.05) is 20.3 Å². The number of hydrogen-bond acceptors (Lipinski definition) is 5. The van der Waals surface area contributed by atoms with Gasteiger partial charge < -0.3 is 9.47 Å². The number of benzene rings is 2. The van der Waals surface area contributed by atoms with Gasteiger partial charge in [0.25, 0.3) is 5.91 Å². The summed E-state index contributed by atoms with van der Waals surface area (Å²) in [7, 11) is 1.69. The van der Waals surface area contributed by atoms with Crippen LogP contribution in [0.1, 0.15) is 38.3 Å². The van der Waals surface area contributed by atoms with E-state index in [-0.39, 0.29) is 11.3 Å². The number of hydrogen-bond donors (Lipinski definition) is 0. The van der Waals surface area contributed by atoms with E-state index in [0.29, 0.717) is 22.4 Å². The number of ether oxygens (including phenoxy) is 2. The van der Waals surface area contributed by atoms with E-state index in [0.717, 1.165) is 23.5 Å². The van der Waals surface area contributed by atoms with Gasteiger partial charge in [0.05, 0.1) is 18.1 Å². The summed E-state index contributed by atoms with van der Waals surface area (Å²) < 4.78 is 12.2. The van der Waals surface area contributed by atoms with Gasteiger partial charge in [-0.3, -0.25) is 9.69 Å². The van der Waals surface area contributed by atoms with Crippen LogP contribution in [0.4, 0.5) is 0 Å². The molecule has 4 nitrogen and oxygen atoms in total. The quantitative estimate of drug-likeness (QED) is 0.315. The Hall–Kier alpha value is -2.31. The third kappa shape index (κ3) is 5.86. The zero-order valence-corrected chi connectivity index (χ0v) is 19.4. The molecule has 0 N–H and O–H groups in total. The van der Waals surface area contributed by atoms with Crippen molar-refractivity contribution in [1.82, 2.24) is 4.90 Å². The fourth-order valence-corrected chi connectivity index (χ4v) is 4.03. The summed E-state index contributed by atoms with van der Waals surface area (Å²) >= 11 is 6.47. The van der Waals surface area contributed by atoms with Crippen molar-refractivity contribution in [1.29, 1.82) is 0 Å². The van der Waals surface area contributed by atoms with Gasteiger partial charge in [0.2, 0.25) is 0 Å². The number of nitrogens with zero attached hydrogens (tertiary/aromatic N) is 1. The molecule has 30 heavy (non-hydrogen) atoms. The molecule has 1 aliphatic heterocycles. The summed E-state index contributed by atoms with van der Waals surface area (Å²) in [5, 5.41) is 0. The van der Waals surface area contributed by atoms with Crippen LogP contribution in [-0.2, 0) is 10.2 Å². The van der Waals surface area contributed by atoms with Crippen LogP contribution in [-0.4, -0.2) is 35.4 Å². The molecule has 0 aliphatic carbocycles. The Morgan fingerprint density at radius 2 is 1.50 bits per heavy atom. The topological polar surface area (TPSA) is 38.8 Å². The second kappa shape index (κ2) is 9.67. The molecule has 2 aromatic rings. The molecule has 0 spiro atoms. The molecule has 0 saturated carbocycles. The van der Waals surface area contributed by atoms with Gasteiger partial charge in [0.1, 0.15) is 15.8 Å². The molecule has 0 atom stereocenters. The monoisotopic (exact) mass is 441 g/mol. The highest BCUT2D eigenvalue weighted by atomic mass is 32.2. The van der Waals surface area contributed by atoms with Crippen LogP contribution < -0.4 is 9.47 Å². The first-order valence-electron chi connectivity index (χ1n) is 9.92. The highest BCUT2D eigenvalue weighted by Crippen LogP contribution is 2.31. The van der Waals surface area contributed by atoms with Gasteiger partial charge in [0.15, 0.2) is 0 Å². The second-order valence-electron chi connectivity index (χ2n) is 8.13. The zero-order chi connectivity index (χ0) is 21.7. The lowest BCUT2D eigenvalue weighted by Crippen LogP contribution is -2.22. The van der Waals surface area contributed by atoms with Crippen molar-refractivity contribution in [3.05, 3.63) is 64.6 Å². The minimum atomic E-state index is -0.0571. The summed E-state index contributed by atoms with van der Waals surface area (Å²) in [5.41, 5.74) is 2.38.